The van der Waals surface area contributed by atoms with Gasteiger partial charge in [0.05, 0.1) is 19.3 Å². The average Bonchev–Trinajstić information content (AvgIpc) is 2.97. The van der Waals surface area contributed by atoms with E-state index in [4.69, 9.17) is 9.47 Å². The van der Waals surface area contributed by atoms with E-state index in [2.05, 4.69) is 15.7 Å². The summed E-state index contributed by atoms with van der Waals surface area (Å²) in [6.45, 7) is 10.3. The maximum atomic E-state index is 12.2. The molecule has 1 heterocycles. The number of carbonyl (C=O) groups is 1. The van der Waals surface area contributed by atoms with Gasteiger partial charge in [-0.1, -0.05) is 0 Å². The lowest BCUT2D eigenvalue weighted by molar-refractivity contribution is -0.00473. The fraction of sp³-hybridized carbons (Fsp3) is 0.632. The Bertz CT molecular complexity index is 868. The SMILES string of the molecule is COc1c(C)c(CCC(C)(O)CO)c2c(nnn2NC(=O)OC(C)(C)C)c1C. The van der Waals surface area contributed by atoms with E-state index in [9.17, 15) is 15.0 Å². The Labute approximate surface area is 164 Å². The van der Waals surface area contributed by atoms with Gasteiger partial charge >= 0.3 is 6.09 Å². The fourth-order valence-corrected chi connectivity index (χ4v) is 3.06. The number of nitrogens with one attached hydrogen (secondary N) is 1. The Morgan fingerprint density at radius 3 is 2.39 bits per heavy atom. The van der Waals surface area contributed by atoms with E-state index in [0.717, 1.165) is 16.7 Å². The highest BCUT2D eigenvalue weighted by molar-refractivity contribution is 5.88. The standard InChI is InChI=1S/C19H30N4O5/c1-11-13(8-9-19(6,26)10-24)15-14(12(2)16(11)27-7)20-22-23(15)21-17(25)28-18(3,4)5/h24,26H,8-10H2,1-7H3,(H,21,25). The minimum absolute atomic E-state index is 0.309. The molecule has 3 N–H and O–H groups in total. The number of hydrogen-bond acceptors (Lipinski definition) is 7. The van der Waals surface area contributed by atoms with Gasteiger partial charge in [0.15, 0.2) is 0 Å². The minimum Gasteiger partial charge on any atom is -0.496 e. The van der Waals surface area contributed by atoms with Gasteiger partial charge in [0.25, 0.3) is 0 Å². The average molecular weight is 394 g/mol. The number of benzene rings is 1. The zero-order valence-corrected chi connectivity index (χ0v) is 17.6. The third kappa shape index (κ3) is 4.71. The maximum absolute atomic E-state index is 12.2. The molecule has 0 aliphatic carbocycles. The third-order valence-corrected chi connectivity index (χ3v) is 4.50. The zero-order valence-electron chi connectivity index (χ0n) is 17.6. The highest BCUT2D eigenvalue weighted by Gasteiger charge is 2.25. The van der Waals surface area contributed by atoms with Crippen molar-refractivity contribution in [3.63, 3.8) is 0 Å². The van der Waals surface area contributed by atoms with Crippen LogP contribution in [0.5, 0.6) is 5.75 Å². The molecule has 2 aromatic rings. The van der Waals surface area contributed by atoms with E-state index >= 15 is 0 Å². The van der Waals surface area contributed by atoms with Gasteiger partial charge in [-0.3, -0.25) is 0 Å². The number of rotatable bonds is 6. The number of aromatic nitrogens is 3. The molecule has 2 rings (SSSR count). The zero-order chi connectivity index (χ0) is 21.3. The van der Waals surface area contributed by atoms with Crippen LogP contribution in [-0.2, 0) is 11.2 Å². The van der Waals surface area contributed by atoms with Crippen LogP contribution in [0.4, 0.5) is 4.79 Å². The summed E-state index contributed by atoms with van der Waals surface area (Å²) in [5.74, 6) is 0.676. The van der Waals surface area contributed by atoms with Crippen molar-refractivity contribution < 1.29 is 24.5 Å². The van der Waals surface area contributed by atoms with Gasteiger partial charge in [-0.05, 0) is 70.7 Å². The van der Waals surface area contributed by atoms with Crippen molar-refractivity contribution >= 4 is 17.1 Å². The summed E-state index contributed by atoms with van der Waals surface area (Å²) >= 11 is 0. The predicted octanol–water partition coefficient (Wildman–Crippen LogP) is 2.21. The molecule has 0 spiro atoms. The number of fused-ring (bicyclic) bond motifs is 1. The Balaban J connectivity index is 2.54. The van der Waals surface area contributed by atoms with Gasteiger partial charge in [-0.15, -0.1) is 9.89 Å². The van der Waals surface area contributed by atoms with E-state index in [0.29, 0.717) is 29.6 Å². The van der Waals surface area contributed by atoms with Crippen LogP contribution in [0, 0.1) is 13.8 Å². The van der Waals surface area contributed by atoms with Crippen molar-refractivity contribution in [2.75, 3.05) is 19.1 Å². The van der Waals surface area contributed by atoms with Gasteiger partial charge in [0, 0.05) is 5.56 Å². The number of amides is 1. The summed E-state index contributed by atoms with van der Waals surface area (Å²) in [7, 11) is 1.58. The summed E-state index contributed by atoms with van der Waals surface area (Å²) in [6, 6.07) is 0. The first kappa shape index (κ1) is 21.9. The molecule has 1 unspecified atom stereocenters. The highest BCUT2D eigenvalue weighted by atomic mass is 16.6. The molecule has 1 amide bonds. The Hall–Kier alpha value is -2.39. The third-order valence-electron chi connectivity index (χ3n) is 4.50. The van der Waals surface area contributed by atoms with Crippen LogP contribution in [0.2, 0.25) is 0 Å². The largest absolute Gasteiger partial charge is 0.496 e. The lowest BCUT2D eigenvalue weighted by atomic mass is 9.92. The summed E-state index contributed by atoms with van der Waals surface area (Å²) < 4.78 is 10.8. The lowest BCUT2D eigenvalue weighted by Gasteiger charge is -2.22. The molecule has 1 atom stereocenters. The first-order chi connectivity index (χ1) is 12.9. The number of hydrogen-bond donors (Lipinski definition) is 3. The fourth-order valence-electron chi connectivity index (χ4n) is 3.06. The Morgan fingerprint density at radius 2 is 1.86 bits per heavy atom. The van der Waals surface area contributed by atoms with Crippen LogP contribution >= 0.6 is 0 Å². The second-order valence-electron chi connectivity index (χ2n) is 8.23. The lowest BCUT2D eigenvalue weighted by Crippen LogP contribution is -2.32. The van der Waals surface area contributed by atoms with Crippen molar-refractivity contribution in [1.29, 1.82) is 0 Å². The van der Waals surface area contributed by atoms with Crippen LogP contribution in [-0.4, -0.2) is 56.3 Å². The van der Waals surface area contributed by atoms with Crippen LogP contribution in [0.15, 0.2) is 0 Å². The molecule has 1 aromatic heterocycles. The second-order valence-corrected chi connectivity index (χ2v) is 8.23. The van der Waals surface area contributed by atoms with Gasteiger partial charge in [0.2, 0.25) is 0 Å². The molecule has 0 bridgehead atoms. The molecule has 9 nitrogen and oxygen atoms in total. The molecule has 0 radical (unpaired) electrons. The van der Waals surface area contributed by atoms with E-state index in [1.165, 1.54) is 4.79 Å². The molecule has 9 heteroatoms. The molecular weight excluding hydrogens is 364 g/mol. The quantitative estimate of drug-likeness (QED) is 0.687. The van der Waals surface area contributed by atoms with Crippen molar-refractivity contribution in [1.82, 2.24) is 15.1 Å². The number of nitrogens with zero attached hydrogens (tertiary/aromatic N) is 3. The summed E-state index contributed by atoms with van der Waals surface area (Å²) in [5, 5.41) is 27.8. The van der Waals surface area contributed by atoms with Crippen molar-refractivity contribution in [2.45, 2.75) is 65.6 Å². The van der Waals surface area contributed by atoms with Crippen LogP contribution in [0.3, 0.4) is 0 Å². The first-order valence-corrected chi connectivity index (χ1v) is 9.15. The molecule has 0 saturated carbocycles. The molecule has 0 fully saturated rings. The number of aliphatic hydroxyl groups excluding tert-OH is 1. The summed E-state index contributed by atoms with van der Waals surface area (Å²) in [5.41, 5.74) is 4.36. The normalized spacial score (nSPS) is 14.0. The van der Waals surface area contributed by atoms with Gasteiger partial charge in [0.1, 0.15) is 22.4 Å². The van der Waals surface area contributed by atoms with E-state index in [1.807, 2.05) is 13.8 Å². The monoisotopic (exact) mass is 394 g/mol. The van der Waals surface area contributed by atoms with Crippen LogP contribution < -0.4 is 10.2 Å². The van der Waals surface area contributed by atoms with E-state index in [-0.39, 0.29) is 6.61 Å². The number of methoxy groups -OCH3 is 1. The molecule has 0 aliphatic rings. The molecule has 28 heavy (non-hydrogen) atoms. The predicted molar refractivity (Wildman–Crippen MR) is 105 cm³/mol. The number of carbonyl (C=O) groups excluding carboxylic acids is 1. The molecule has 156 valence electrons. The number of aryl methyl sites for hydroxylation is 2. The summed E-state index contributed by atoms with van der Waals surface area (Å²) in [4.78, 5) is 13.5. The highest BCUT2D eigenvalue weighted by Crippen LogP contribution is 2.35. The van der Waals surface area contributed by atoms with Crippen LogP contribution in [0.1, 0.15) is 50.8 Å². The molecule has 0 saturated heterocycles. The second kappa shape index (κ2) is 7.92. The molecule has 1 aromatic carbocycles. The van der Waals surface area contributed by atoms with Gasteiger partial charge < -0.3 is 19.7 Å². The first-order valence-electron chi connectivity index (χ1n) is 9.15. The molecule has 0 aliphatic heterocycles. The number of ether oxygens (including phenoxy) is 2. The van der Waals surface area contributed by atoms with Crippen molar-refractivity contribution in [2.24, 2.45) is 0 Å². The van der Waals surface area contributed by atoms with Crippen LogP contribution in [0.25, 0.3) is 11.0 Å². The summed E-state index contributed by atoms with van der Waals surface area (Å²) in [6.07, 6.45) is 0.0813. The Morgan fingerprint density at radius 1 is 1.21 bits per heavy atom. The Kier molecular flexibility index (Phi) is 6.20. The van der Waals surface area contributed by atoms with Crippen molar-refractivity contribution in [3.8, 4) is 5.75 Å². The molecular formula is C19H30N4O5. The van der Waals surface area contributed by atoms with Crippen molar-refractivity contribution in [3.05, 3.63) is 16.7 Å². The van der Waals surface area contributed by atoms with Gasteiger partial charge in [-0.2, -0.15) is 0 Å². The van der Waals surface area contributed by atoms with E-state index < -0.39 is 17.3 Å². The maximum Gasteiger partial charge on any atom is 0.428 e. The minimum atomic E-state index is -1.23. The van der Waals surface area contributed by atoms with E-state index in [1.54, 1.807) is 34.8 Å². The number of aliphatic hydroxyl groups is 2. The van der Waals surface area contributed by atoms with Gasteiger partial charge in [-0.25, -0.2) is 10.2 Å². The smallest absolute Gasteiger partial charge is 0.428 e. The topological polar surface area (TPSA) is 119 Å².